The Morgan fingerprint density at radius 3 is 2.78 bits per heavy atom. The van der Waals surface area contributed by atoms with E-state index in [2.05, 4.69) is 31.2 Å². The summed E-state index contributed by atoms with van der Waals surface area (Å²) in [6.07, 6.45) is 2.99. The van der Waals surface area contributed by atoms with Gasteiger partial charge in [0.15, 0.2) is 5.82 Å². The summed E-state index contributed by atoms with van der Waals surface area (Å²) in [5.74, 6) is 0.134. The number of amides is 1. The summed E-state index contributed by atoms with van der Waals surface area (Å²) < 4.78 is 0.611. The summed E-state index contributed by atoms with van der Waals surface area (Å²) in [6, 6.07) is 5.19. The van der Waals surface area contributed by atoms with Crippen LogP contribution < -0.4 is 5.32 Å². The van der Waals surface area contributed by atoms with E-state index in [9.17, 15) is 4.79 Å². The molecule has 92 valence electrons. The minimum atomic E-state index is -0.258. The number of halogens is 2. The quantitative estimate of drug-likeness (QED) is 0.919. The predicted molar refractivity (Wildman–Crippen MR) is 73.9 cm³/mol. The van der Waals surface area contributed by atoms with Crippen molar-refractivity contribution in [2.24, 2.45) is 0 Å². The molecule has 0 saturated carbocycles. The van der Waals surface area contributed by atoms with E-state index in [0.29, 0.717) is 21.0 Å². The van der Waals surface area contributed by atoms with Gasteiger partial charge >= 0.3 is 0 Å². The zero-order chi connectivity index (χ0) is 13.1. The molecule has 1 heterocycles. The molecule has 1 aromatic carbocycles. The van der Waals surface area contributed by atoms with Crippen molar-refractivity contribution in [3.05, 3.63) is 51.3 Å². The molecule has 18 heavy (non-hydrogen) atoms. The van der Waals surface area contributed by atoms with Gasteiger partial charge in [0, 0.05) is 10.6 Å². The average molecular weight is 327 g/mol. The van der Waals surface area contributed by atoms with E-state index in [1.165, 1.54) is 12.4 Å². The molecule has 1 amide bonds. The number of nitrogens with zero attached hydrogens (tertiary/aromatic N) is 2. The van der Waals surface area contributed by atoms with Gasteiger partial charge in [-0.2, -0.15) is 0 Å². The maximum Gasteiger partial charge on any atom is 0.257 e. The highest BCUT2D eigenvalue weighted by Crippen LogP contribution is 2.19. The van der Waals surface area contributed by atoms with Crippen molar-refractivity contribution in [2.45, 2.75) is 6.92 Å². The molecule has 0 atom stereocenters. The molecule has 1 N–H and O–H groups in total. The van der Waals surface area contributed by atoms with E-state index in [1.54, 1.807) is 25.1 Å². The van der Waals surface area contributed by atoms with Crippen LogP contribution in [-0.2, 0) is 0 Å². The molecule has 0 fully saturated rings. The smallest absolute Gasteiger partial charge is 0.257 e. The Balaban J connectivity index is 2.22. The molecule has 0 saturated heterocycles. The topological polar surface area (TPSA) is 54.9 Å². The van der Waals surface area contributed by atoms with Gasteiger partial charge in [0.1, 0.15) is 4.60 Å². The number of carbonyl (C=O) groups excluding carboxylic acids is 1. The molecule has 1 aromatic heterocycles. The first kappa shape index (κ1) is 13.0. The number of hydrogen-bond acceptors (Lipinski definition) is 3. The van der Waals surface area contributed by atoms with Crippen molar-refractivity contribution in [3.8, 4) is 0 Å². The van der Waals surface area contributed by atoms with Gasteiger partial charge in [0.05, 0.1) is 12.4 Å². The summed E-state index contributed by atoms with van der Waals surface area (Å²) in [6.45, 7) is 1.80. The van der Waals surface area contributed by atoms with Gasteiger partial charge in [0.2, 0.25) is 0 Å². The Hall–Kier alpha value is -1.46. The van der Waals surface area contributed by atoms with E-state index in [0.717, 1.165) is 5.56 Å². The van der Waals surface area contributed by atoms with Crippen LogP contribution in [0.25, 0.3) is 0 Å². The third kappa shape index (κ3) is 2.86. The van der Waals surface area contributed by atoms with Crippen molar-refractivity contribution >= 4 is 39.3 Å². The van der Waals surface area contributed by atoms with E-state index in [4.69, 9.17) is 11.6 Å². The maximum absolute atomic E-state index is 12.0. The number of nitrogens with one attached hydrogen (secondary N) is 1. The highest BCUT2D eigenvalue weighted by molar-refractivity contribution is 9.10. The lowest BCUT2D eigenvalue weighted by molar-refractivity contribution is 0.102. The van der Waals surface area contributed by atoms with Crippen molar-refractivity contribution < 1.29 is 4.79 Å². The lowest BCUT2D eigenvalue weighted by atomic mass is 10.1. The largest absolute Gasteiger partial charge is 0.305 e. The average Bonchev–Trinajstić information content (AvgIpc) is 2.35. The fraction of sp³-hybridized carbons (Fsp3) is 0.0833. The second-order valence-electron chi connectivity index (χ2n) is 3.59. The molecule has 0 aliphatic heterocycles. The summed E-state index contributed by atoms with van der Waals surface area (Å²) in [5, 5.41) is 3.22. The van der Waals surface area contributed by atoms with Crippen molar-refractivity contribution in [1.29, 1.82) is 0 Å². The van der Waals surface area contributed by atoms with Gasteiger partial charge in [-0.3, -0.25) is 4.79 Å². The SMILES string of the molecule is Cc1c(Cl)cccc1C(=O)Nc1cnc(Br)cn1. The second kappa shape index (κ2) is 5.46. The Bertz CT molecular complexity index is 586. The van der Waals surface area contributed by atoms with Gasteiger partial charge in [-0.25, -0.2) is 9.97 Å². The fourth-order valence-electron chi connectivity index (χ4n) is 1.41. The van der Waals surface area contributed by atoms with Crippen molar-refractivity contribution in [1.82, 2.24) is 9.97 Å². The summed E-state index contributed by atoms with van der Waals surface area (Å²) in [5.41, 5.74) is 1.26. The maximum atomic E-state index is 12.0. The van der Waals surface area contributed by atoms with E-state index >= 15 is 0 Å². The van der Waals surface area contributed by atoms with Crippen LogP contribution in [0.2, 0.25) is 5.02 Å². The van der Waals surface area contributed by atoms with E-state index in [1.807, 2.05) is 0 Å². The second-order valence-corrected chi connectivity index (χ2v) is 4.81. The molecular formula is C12H9BrClN3O. The Morgan fingerprint density at radius 2 is 2.11 bits per heavy atom. The van der Waals surface area contributed by atoms with Crippen LogP contribution in [-0.4, -0.2) is 15.9 Å². The third-order valence-electron chi connectivity index (χ3n) is 2.37. The minimum absolute atomic E-state index is 0.258. The van der Waals surface area contributed by atoms with Crippen LogP contribution >= 0.6 is 27.5 Å². The van der Waals surface area contributed by atoms with Gasteiger partial charge in [0.25, 0.3) is 5.91 Å². The Morgan fingerprint density at radius 1 is 1.33 bits per heavy atom. The van der Waals surface area contributed by atoms with E-state index in [-0.39, 0.29) is 5.91 Å². The normalized spacial score (nSPS) is 10.2. The highest BCUT2D eigenvalue weighted by atomic mass is 79.9. The lowest BCUT2D eigenvalue weighted by Crippen LogP contribution is -2.14. The van der Waals surface area contributed by atoms with Gasteiger partial charge in [-0.05, 0) is 40.5 Å². The van der Waals surface area contributed by atoms with Crippen LogP contribution in [0.1, 0.15) is 15.9 Å². The number of carbonyl (C=O) groups is 1. The Kier molecular flexibility index (Phi) is 3.93. The molecule has 0 aliphatic carbocycles. The summed E-state index contributed by atoms with van der Waals surface area (Å²) in [4.78, 5) is 20.0. The molecule has 2 rings (SSSR count). The summed E-state index contributed by atoms with van der Waals surface area (Å²) >= 11 is 9.14. The number of rotatable bonds is 2. The zero-order valence-corrected chi connectivity index (χ0v) is 11.8. The summed E-state index contributed by atoms with van der Waals surface area (Å²) in [7, 11) is 0. The standard InChI is InChI=1S/C12H9BrClN3O/c1-7-8(3-2-4-9(7)14)12(18)17-11-6-15-10(13)5-16-11/h2-6H,1H3,(H,16,17,18). The first-order valence-corrected chi connectivity index (χ1v) is 6.29. The van der Waals surface area contributed by atoms with Gasteiger partial charge < -0.3 is 5.32 Å². The molecule has 4 nitrogen and oxygen atoms in total. The van der Waals surface area contributed by atoms with Gasteiger partial charge in [-0.15, -0.1) is 0 Å². The van der Waals surface area contributed by atoms with Crippen LogP contribution in [0.5, 0.6) is 0 Å². The highest BCUT2D eigenvalue weighted by Gasteiger charge is 2.11. The van der Waals surface area contributed by atoms with Crippen molar-refractivity contribution in [2.75, 3.05) is 5.32 Å². The number of hydrogen-bond donors (Lipinski definition) is 1. The Labute approximate surface area is 118 Å². The number of anilines is 1. The molecule has 0 bridgehead atoms. The fourth-order valence-corrected chi connectivity index (χ4v) is 1.79. The molecule has 2 aromatic rings. The molecule has 0 radical (unpaired) electrons. The predicted octanol–water partition coefficient (Wildman–Crippen LogP) is 3.45. The molecule has 6 heteroatoms. The third-order valence-corrected chi connectivity index (χ3v) is 3.19. The van der Waals surface area contributed by atoms with Crippen LogP contribution in [0, 0.1) is 6.92 Å². The molecule has 0 aliphatic rings. The molecule has 0 spiro atoms. The lowest BCUT2D eigenvalue weighted by Gasteiger charge is -2.07. The molecule has 0 unspecified atom stereocenters. The zero-order valence-electron chi connectivity index (χ0n) is 9.45. The molecular weight excluding hydrogens is 318 g/mol. The van der Waals surface area contributed by atoms with Crippen LogP contribution in [0.4, 0.5) is 5.82 Å². The van der Waals surface area contributed by atoms with Crippen LogP contribution in [0.15, 0.2) is 35.2 Å². The van der Waals surface area contributed by atoms with E-state index < -0.39 is 0 Å². The number of aromatic nitrogens is 2. The monoisotopic (exact) mass is 325 g/mol. The van der Waals surface area contributed by atoms with Crippen molar-refractivity contribution in [3.63, 3.8) is 0 Å². The minimum Gasteiger partial charge on any atom is -0.305 e. The number of benzene rings is 1. The first-order chi connectivity index (χ1) is 8.58. The van der Waals surface area contributed by atoms with Crippen LogP contribution in [0.3, 0.4) is 0 Å². The van der Waals surface area contributed by atoms with Gasteiger partial charge in [-0.1, -0.05) is 17.7 Å². The first-order valence-electron chi connectivity index (χ1n) is 5.12.